The first kappa shape index (κ1) is 15.9. The maximum atomic E-state index is 12.2. The third-order valence-electron chi connectivity index (χ3n) is 2.47. The largest absolute Gasteiger partial charge is 0.409 e. The lowest BCUT2D eigenvalue weighted by molar-refractivity contribution is 0.315. The maximum Gasteiger partial charge on any atom is 0.242 e. The number of halogens is 1. The average molecular weight is 350 g/mol. The second kappa shape index (κ2) is 6.88. The summed E-state index contributed by atoms with van der Waals surface area (Å²) in [7, 11) is -3.74. The van der Waals surface area contributed by atoms with Gasteiger partial charge in [0.25, 0.3) is 0 Å². The number of sulfonamides is 1. The van der Waals surface area contributed by atoms with Gasteiger partial charge in [0.05, 0.1) is 10.9 Å². The van der Waals surface area contributed by atoms with Gasteiger partial charge in [-0.05, 0) is 34.5 Å². The van der Waals surface area contributed by atoms with Crippen LogP contribution in [0.2, 0.25) is 0 Å². The topological polar surface area (TPSA) is 105 Å². The number of oxime groups is 1. The normalized spacial score (nSPS) is 14.3. The highest BCUT2D eigenvalue weighted by Gasteiger charge is 2.24. The van der Waals surface area contributed by atoms with Crippen molar-refractivity contribution in [2.75, 3.05) is 0 Å². The van der Waals surface area contributed by atoms with Crippen LogP contribution in [0.3, 0.4) is 0 Å². The first-order valence-corrected chi connectivity index (χ1v) is 7.94. The molecule has 19 heavy (non-hydrogen) atoms. The number of hydrogen-bond donors (Lipinski definition) is 3. The second-order valence-corrected chi connectivity index (χ2v) is 6.45. The number of amidine groups is 1. The van der Waals surface area contributed by atoms with Crippen LogP contribution in [0.25, 0.3) is 0 Å². The molecule has 0 saturated carbocycles. The molecule has 1 unspecified atom stereocenters. The summed E-state index contributed by atoms with van der Waals surface area (Å²) in [5.74, 6) is -0.155. The maximum absolute atomic E-state index is 12.2. The first-order valence-electron chi connectivity index (χ1n) is 5.66. The van der Waals surface area contributed by atoms with E-state index in [2.05, 4.69) is 25.8 Å². The molecule has 8 heteroatoms. The van der Waals surface area contributed by atoms with E-state index in [1.165, 1.54) is 6.07 Å². The Bertz CT molecular complexity index is 560. The van der Waals surface area contributed by atoms with E-state index in [1.54, 1.807) is 18.2 Å². The summed E-state index contributed by atoms with van der Waals surface area (Å²) in [5, 5.41) is 11.5. The average Bonchev–Trinajstić information content (AvgIpc) is 2.37. The molecule has 0 saturated heterocycles. The van der Waals surface area contributed by atoms with Gasteiger partial charge in [-0.2, -0.15) is 0 Å². The van der Waals surface area contributed by atoms with Crippen LogP contribution in [0.1, 0.15) is 19.8 Å². The van der Waals surface area contributed by atoms with E-state index in [1.807, 2.05) is 6.92 Å². The number of nitrogens with zero attached hydrogens (tertiary/aromatic N) is 1. The van der Waals surface area contributed by atoms with Crippen molar-refractivity contribution < 1.29 is 13.6 Å². The predicted octanol–water partition coefficient (Wildman–Crippen LogP) is 1.64. The van der Waals surface area contributed by atoms with Crippen molar-refractivity contribution >= 4 is 31.8 Å². The van der Waals surface area contributed by atoms with Crippen molar-refractivity contribution in [1.82, 2.24) is 4.72 Å². The van der Waals surface area contributed by atoms with E-state index >= 15 is 0 Å². The molecule has 0 bridgehead atoms. The molecule has 0 fully saturated rings. The fourth-order valence-corrected chi connectivity index (χ4v) is 3.79. The molecule has 1 aromatic rings. The van der Waals surface area contributed by atoms with Crippen molar-refractivity contribution in [2.45, 2.75) is 30.7 Å². The molecular weight excluding hydrogens is 334 g/mol. The summed E-state index contributed by atoms with van der Waals surface area (Å²) in [6, 6.07) is 5.72. The van der Waals surface area contributed by atoms with Crippen molar-refractivity contribution in [1.29, 1.82) is 0 Å². The van der Waals surface area contributed by atoms with Crippen LogP contribution in [0.15, 0.2) is 38.8 Å². The van der Waals surface area contributed by atoms with Gasteiger partial charge in [-0.15, -0.1) is 0 Å². The van der Waals surface area contributed by atoms with Gasteiger partial charge in [0.15, 0.2) is 5.84 Å². The molecular formula is C11H16BrN3O3S. The number of benzene rings is 1. The Morgan fingerprint density at radius 3 is 2.68 bits per heavy atom. The van der Waals surface area contributed by atoms with Gasteiger partial charge in [0.1, 0.15) is 0 Å². The van der Waals surface area contributed by atoms with Gasteiger partial charge in [0.2, 0.25) is 10.0 Å². The van der Waals surface area contributed by atoms with Crippen LogP contribution < -0.4 is 10.5 Å². The summed E-state index contributed by atoms with van der Waals surface area (Å²) in [6.45, 7) is 1.88. The van der Waals surface area contributed by atoms with Crippen LogP contribution in [0.4, 0.5) is 0 Å². The number of nitrogens with one attached hydrogen (secondary N) is 1. The summed E-state index contributed by atoms with van der Waals surface area (Å²) in [4.78, 5) is 0.113. The molecule has 6 nitrogen and oxygen atoms in total. The van der Waals surface area contributed by atoms with E-state index in [-0.39, 0.29) is 10.7 Å². The van der Waals surface area contributed by atoms with E-state index in [4.69, 9.17) is 10.9 Å². The zero-order chi connectivity index (χ0) is 14.5. The number of hydrogen-bond acceptors (Lipinski definition) is 4. The Labute approximate surface area is 120 Å². The first-order chi connectivity index (χ1) is 8.92. The fraction of sp³-hybridized carbons (Fsp3) is 0.364. The quantitative estimate of drug-likeness (QED) is 0.314. The molecule has 106 valence electrons. The molecule has 4 N–H and O–H groups in total. The van der Waals surface area contributed by atoms with Gasteiger partial charge in [-0.25, -0.2) is 13.1 Å². The van der Waals surface area contributed by atoms with Crippen molar-refractivity contribution in [2.24, 2.45) is 10.9 Å². The lowest BCUT2D eigenvalue weighted by Crippen LogP contribution is -2.44. The second-order valence-electron chi connectivity index (χ2n) is 3.92. The summed E-state index contributed by atoms with van der Waals surface area (Å²) < 4.78 is 27.3. The molecule has 0 spiro atoms. The van der Waals surface area contributed by atoms with Crippen molar-refractivity contribution in [3.8, 4) is 0 Å². The zero-order valence-corrected chi connectivity index (χ0v) is 12.8. The highest BCUT2D eigenvalue weighted by Crippen LogP contribution is 2.21. The van der Waals surface area contributed by atoms with Gasteiger partial charge >= 0.3 is 0 Å². The van der Waals surface area contributed by atoms with Crippen molar-refractivity contribution in [3.05, 3.63) is 28.7 Å². The number of nitrogens with two attached hydrogens (primary N) is 1. The molecule has 0 amide bonds. The summed E-state index contributed by atoms with van der Waals surface area (Å²) in [5.41, 5.74) is 5.49. The van der Waals surface area contributed by atoms with Crippen LogP contribution in [0, 0.1) is 0 Å². The molecule has 0 aliphatic rings. The minimum Gasteiger partial charge on any atom is -0.409 e. The van der Waals surface area contributed by atoms with Gasteiger partial charge in [-0.3, -0.25) is 0 Å². The minimum atomic E-state index is -3.74. The highest BCUT2D eigenvalue weighted by molar-refractivity contribution is 9.10. The van der Waals surface area contributed by atoms with Gasteiger partial charge in [0, 0.05) is 4.47 Å². The Kier molecular flexibility index (Phi) is 5.77. The predicted molar refractivity (Wildman–Crippen MR) is 76.6 cm³/mol. The number of rotatable bonds is 6. The van der Waals surface area contributed by atoms with E-state index in [9.17, 15) is 8.42 Å². The third-order valence-corrected chi connectivity index (χ3v) is 4.96. The van der Waals surface area contributed by atoms with E-state index < -0.39 is 16.1 Å². The Balaban J connectivity index is 3.05. The van der Waals surface area contributed by atoms with Gasteiger partial charge < -0.3 is 10.9 Å². The lowest BCUT2D eigenvalue weighted by Gasteiger charge is -2.17. The van der Waals surface area contributed by atoms with E-state index in [0.717, 1.165) is 0 Å². The third kappa shape index (κ3) is 4.19. The molecule has 1 aromatic carbocycles. The minimum absolute atomic E-state index is 0.113. The standard InChI is InChI=1S/C11H16BrN3O3S/c1-2-5-9(11(13)14-16)15-19(17,18)10-7-4-3-6-8(10)12/h3-4,6-7,9,15-16H,2,5H2,1H3,(H2,13,14). The highest BCUT2D eigenvalue weighted by atomic mass is 79.9. The molecule has 0 aliphatic carbocycles. The lowest BCUT2D eigenvalue weighted by atomic mass is 10.2. The zero-order valence-electron chi connectivity index (χ0n) is 10.4. The Hall–Kier alpha value is -1.12. The van der Waals surface area contributed by atoms with E-state index in [0.29, 0.717) is 17.3 Å². The fourth-order valence-electron chi connectivity index (χ4n) is 1.54. The van der Waals surface area contributed by atoms with Gasteiger partial charge in [-0.1, -0.05) is 30.6 Å². The monoisotopic (exact) mass is 349 g/mol. The molecule has 0 heterocycles. The van der Waals surface area contributed by atoms with Crippen LogP contribution in [-0.4, -0.2) is 25.5 Å². The van der Waals surface area contributed by atoms with Crippen LogP contribution >= 0.6 is 15.9 Å². The van der Waals surface area contributed by atoms with Crippen LogP contribution in [0.5, 0.6) is 0 Å². The molecule has 1 atom stereocenters. The van der Waals surface area contributed by atoms with Crippen LogP contribution in [-0.2, 0) is 10.0 Å². The molecule has 0 aliphatic heterocycles. The summed E-state index contributed by atoms with van der Waals surface area (Å²) >= 11 is 3.19. The molecule has 0 aromatic heterocycles. The smallest absolute Gasteiger partial charge is 0.242 e. The summed E-state index contributed by atoms with van der Waals surface area (Å²) in [6.07, 6.45) is 1.14. The SMILES string of the molecule is CCCC(NS(=O)(=O)c1ccccc1Br)/C(N)=N/O. The Morgan fingerprint density at radius 2 is 2.16 bits per heavy atom. The van der Waals surface area contributed by atoms with Crippen molar-refractivity contribution in [3.63, 3.8) is 0 Å². The molecule has 1 rings (SSSR count). The Morgan fingerprint density at radius 1 is 1.53 bits per heavy atom. The molecule has 0 radical (unpaired) electrons.